The van der Waals surface area contributed by atoms with Crippen LogP contribution in [-0.2, 0) is 0 Å². The van der Waals surface area contributed by atoms with Gasteiger partial charge in [0.1, 0.15) is 11.7 Å². The van der Waals surface area contributed by atoms with Gasteiger partial charge < -0.3 is 27.2 Å². The van der Waals surface area contributed by atoms with E-state index in [1.54, 1.807) is 24.3 Å². The molecule has 0 saturated carbocycles. The monoisotopic (exact) mass is 674 g/mol. The molecule has 7 aromatic rings. The van der Waals surface area contributed by atoms with Crippen LogP contribution in [0.5, 0.6) is 0 Å². The van der Waals surface area contributed by atoms with Crippen LogP contribution in [0.2, 0.25) is 0 Å². The number of carbonyl (C=O) groups is 3. The number of para-hydroxylation sites is 2. The minimum absolute atomic E-state index is 0.0520. The van der Waals surface area contributed by atoms with E-state index in [0.29, 0.717) is 43.3 Å². The first-order valence-electron chi connectivity index (χ1n) is 16.2. The Bertz CT molecular complexity index is 2650. The van der Waals surface area contributed by atoms with Gasteiger partial charge in [-0.3, -0.25) is 20.4 Å². The lowest BCUT2D eigenvalue weighted by molar-refractivity contribution is 0.0698. The molecular weight excluding hydrogens is 640 g/mol. The number of amidine groups is 2. The van der Waals surface area contributed by atoms with Gasteiger partial charge in [0.25, 0.3) is 0 Å². The van der Waals surface area contributed by atoms with E-state index < -0.39 is 17.8 Å². The number of primary amides is 2. The smallest absolute Gasteiger partial charge is 0.336 e. The summed E-state index contributed by atoms with van der Waals surface area (Å²) in [4.78, 5) is 38.6. The number of benzene rings is 7. The van der Waals surface area contributed by atoms with Crippen LogP contribution in [0.15, 0.2) is 78.9 Å². The molecule has 9 N–H and O–H groups in total. The van der Waals surface area contributed by atoms with E-state index in [9.17, 15) is 30.3 Å². The molecule has 0 heterocycles. The van der Waals surface area contributed by atoms with Gasteiger partial charge in [0.2, 0.25) is 11.8 Å². The molecule has 10 nitrogen and oxygen atoms in total. The van der Waals surface area contributed by atoms with Crippen molar-refractivity contribution in [2.75, 3.05) is 10.6 Å². The van der Waals surface area contributed by atoms with Crippen molar-refractivity contribution in [2.24, 2.45) is 11.5 Å². The molecule has 51 heavy (non-hydrogen) atoms. The first-order chi connectivity index (χ1) is 24.3. The zero-order valence-corrected chi connectivity index (χ0v) is 28.3. The van der Waals surface area contributed by atoms with Gasteiger partial charge in [0, 0.05) is 49.8 Å². The van der Waals surface area contributed by atoms with Crippen molar-refractivity contribution in [3.05, 3.63) is 129 Å². The van der Waals surface area contributed by atoms with Crippen LogP contribution in [0, 0.1) is 38.5 Å². The maximum Gasteiger partial charge on any atom is 0.336 e. The average Bonchev–Trinajstić information content (AvgIpc) is 3.09. The maximum absolute atomic E-state index is 13.2. The lowest BCUT2D eigenvalue weighted by Gasteiger charge is -2.23. The van der Waals surface area contributed by atoms with Gasteiger partial charge in [0.15, 0.2) is 0 Å². The number of anilines is 2. The molecule has 0 radical (unpaired) electrons. The predicted octanol–water partition coefficient (Wildman–Crippen LogP) is 7.74. The number of carbonyl (C=O) groups excluding carboxylic acids is 2. The summed E-state index contributed by atoms with van der Waals surface area (Å²) >= 11 is 0. The van der Waals surface area contributed by atoms with E-state index in [2.05, 4.69) is 10.6 Å². The number of carboxylic acids is 1. The molecule has 0 spiro atoms. The Kier molecular flexibility index (Phi) is 7.67. The largest absolute Gasteiger partial charge is 0.478 e. The van der Waals surface area contributed by atoms with Crippen molar-refractivity contribution in [1.82, 2.24) is 0 Å². The van der Waals surface area contributed by atoms with Crippen LogP contribution in [-0.4, -0.2) is 34.6 Å². The molecule has 0 aliphatic rings. The number of rotatable bonds is 7. The normalized spacial score (nSPS) is 11.4. The molecule has 252 valence electrons. The summed E-state index contributed by atoms with van der Waals surface area (Å²) in [5.74, 6) is -2.77. The second-order valence-corrected chi connectivity index (χ2v) is 12.9. The van der Waals surface area contributed by atoms with Crippen molar-refractivity contribution in [3.8, 4) is 0 Å². The Balaban J connectivity index is 1.65. The predicted molar refractivity (Wildman–Crippen MR) is 204 cm³/mol. The number of fused-ring (bicyclic) bond motifs is 2. The lowest BCUT2D eigenvalue weighted by atomic mass is 9.82. The first-order valence-corrected chi connectivity index (χ1v) is 16.2. The van der Waals surface area contributed by atoms with Gasteiger partial charge in [-0.25, -0.2) is 4.79 Å². The standard InChI is InChI=1S/C41H34N6O4/c1-18-7-5-8-19(2)35(18)46-37(42)25-14-11-23-22-12-15-26(39(44)48)33-27(40(45)49)16-13-24(30(22)33)31-29(41(50)51)17-28(32(25)34(23)31)38(43)47-36-20(3)9-6-10-21(36)4/h5-17H,1-4H3,(H2,42,46)(H2,43,47)(H2,44,48)(H2,45,49)(H,50,51). The van der Waals surface area contributed by atoms with E-state index >= 15 is 0 Å². The van der Waals surface area contributed by atoms with Gasteiger partial charge in [-0.2, -0.15) is 0 Å². The number of amides is 2. The van der Waals surface area contributed by atoms with E-state index in [4.69, 9.17) is 11.5 Å². The van der Waals surface area contributed by atoms with Gasteiger partial charge in [-0.1, -0.05) is 54.6 Å². The number of hydrogen-bond acceptors (Lipinski definition) is 5. The third-order valence-electron chi connectivity index (χ3n) is 9.77. The van der Waals surface area contributed by atoms with Gasteiger partial charge >= 0.3 is 5.97 Å². The first kappa shape index (κ1) is 32.7. The van der Waals surface area contributed by atoms with E-state index in [0.717, 1.165) is 33.6 Å². The van der Waals surface area contributed by atoms with Crippen LogP contribution in [0.4, 0.5) is 11.4 Å². The molecule has 0 atom stereocenters. The zero-order chi connectivity index (χ0) is 36.5. The minimum Gasteiger partial charge on any atom is -0.478 e. The molecule has 0 bridgehead atoms. The zero-order valence-electron chi connectivity index (χ0n) is 28.3. The molecule has 0 unspecified atom stereocenters. The molecule has 0 fully saturated rings. The van der Waals surface area contributed by atoms with Crippen molar-refractivity contribution in [3.63, 3.8) is 0 Å². The van der Waals surface area contributed by atoms with Gasteiger partial charge in [-0.05, 0) is 101 Å². The summed E-state index contributed by atoms with van der Waals surface area (Å²) in [6, 6.07) is 23.0. The molecule has 7 rings (SSSR count). The molecule has 10 heteroatoms. The Morgan fingerprint density at radius 3 is 1.39 bits per heavy atom. The molecule has 0 saturated heterocycles. The molecule has 2 amide bonds. The van der Waals surface area contributed by atoms with Gasteiger partial charge in [-0.15, -0.1) is 0 Å². The van der Waals surface area contributed by atoms with Crippen molar-refractivity contribution in [1.29, 1.82) is 10.8 Å². The summed E-state index contributed by atoms with van der Waals surface area (Å²) in [6.45, 7) is 7.76. The molecule has 0 aliphatic carbocycles. The summed E-state index contributed by atoms with van der Waals surface area (Å²) < 4.78 is 0. The van der Waals surface area contributed by atoms with Crippen LogP contribution >= 0.6 is 0 Å². The van der Waals surface area contributed by atoms with Crippen molar-refractivity contribution < 1.29 is 19.5 Å². The fourth-order valence-corrected chi connectivity index (χ4v) is 7.39. The maximum atomic E-state index is 13.2. The Labute approximate surface area is 292 Å². The SMILES string of the molecule is Cc1cccc(C)c1NC(=N)c1ccc2c3ccc(C(N)=O)c4c(C(N)=O)ccc(c5c(C(=O)O)cc(C(=N)Nc6c(C)cccc6C)c1c25)c43. The summed E-state index contributed by atoms with van der Waals surface area (Å²) in [5.41, 5.74) is 17.5. The van der Waals surface area contributed by atoms with Crippen molar-refractivity contribution in [2.45, 2.75) is 27.7 Å². The van der Waals surface area contributed by atoms with Crippen LogP contribution in [0.25, 0.3) is 43.1 Å². The van der Waals surface area contributed by atoms with Crippen LogP contribution < -0.4 is 22.1 Å². The molecular formula is C41H34N6O4. The quantitative estimate of drug-likeness (QED) is 0.0391. The summed E-state index contributed by atoms with van der Waals surface area (Å²) in [6.07, 6.45) is 0. The third kappa shape index (κ3) is 5.07. The van der Waals surface area contributed by atoms with Crippen molar-refractivity contribution >= 4 is 83.9 Å². The number of aromatic carboxylic acids is 1. The molecule has 7 aromatic carbocycles. The fourth-order valence-electron chi connectivity index (χ4n) is 7.39. The summed E-state index contributed by atoms with van der Waals surface area (Å²) in [7, 11) is 0. The van der Waals surface area contributed by atoms with E-state index in [-0.39, 0.29) is 39.3 Å². The Hall–Kier alpha value is -6.81. The number of aryl methyl sites for hydroxylation is 4. The highest BCUT2D eigenvalue weighted by Crippen LogP contribution is 2.45. The molecule has 0 aromatic heterocycles. The second-order valence-electron chi connectivity index (χ2n) is 12.9. The Morgan fingerprint density at radius 1 is 0.510 bits per heavy atom. The second kappa shape index (κ2) is 12.0. The number of hydrogen-bond donors (Lipinski definition) is 7. The lowest BCUT2D eigenvalue weighted by Crippen LogP contribution is -2.19. The average molecular weight is 675 g/mol. The summed E-state index contributed by atoms with van der Waals surface area (Å²) in [5, 5.41) is 39.9. The topological polar surface area (TPSA) is 195 Å². The number of carboxylic acid groups (broad SMARTS) is 1. The highest BCUT2D eigenvalue weighted by molar-refractivity contribution is 6.41. The highest BCUT2D eigenvalue weighted by atomic mass is 16.4. The number of nitrogens with two attached hydrogens (primary N) is 2. The minimum atomic E-state index is -1.24. The Morgan fingerprint density at radius 2 is 0.922 bits per heavy atom. The van der Waals surface area contributed by atoms with Crippen LogP contribution in [0.1, 0.15) is 64.5 Å². The van der Waals surface area contributed by atoms with Gasteiger partial charge in [0.05, 0.1) is 5.56 Å². The van der Waals surface area contributed by atoms with E-state index in [1.807, 2.05) is 64.1 Å². The highest BCUT2D eigenvalue weighted by Gasteiger charge is 2.28. The van der Waals surface area contributed by atoms with E-state index in [1.165, 1.54) is 18.2 Å². The third-order valence-corrected chi connectivity index (χ3v) is 9.77. The fraction of sp³-hybridized carbons (Fsp3) is 0.0976. The van der Waals surface area contributed by atoms with Crippen LogP contribution in [0.3, 0.4) is 0 Å². The molecule has 0 aliphatic heterocycles. The number of nitrogens with one attached hydrogen (secondary N) is 4.